The number of nitrogens with two attached hydrogens (primary N) is 1. The Hall–Kier alpha value is -1.03. The highest BCUT2D eigenvalue weighted by atomic mass is 15.2. The van der Waals surface area contributed by atoms with Crippen molar-refractivity contribution in [2.24, 2.45) is 10.7 Å². The summed E-state index contributed by atoms with van der Waals surface area (Å²) in [5.41, 5.74) is 6.79. The van der Waals surface area contributed by atoms with Gasteiger partial charge in [0, 0.05) is 12.6 Å². The predicted octanol–water partition coefficient (Wildman–Crippen LogP) is 2.12. The Morgan fingerprint density at radius 2 is 2.21 bits per heavy atom. The second kappa shape index (κ2) is 8.97. The Balaban J connectivity index is 2.04. The normalized spacial score (nSPS) is 21.4. The third kappa shape index (κ3) is 7.21. The molecule has 1 atom stereocenters. The maximum Gasteiger partial charge on any atom is 0.188 e. The standard InChI is InChI=1S/C15H30N4/c1-13(2)12-18-15(16)17-9-5-7-11-19-10-6-4-8-14(19)3/h14H,1,4-12H2,2-3H3,(H3,16,17,18). The molecule has 110 valence electrons. The van der Waals surface area contributed by atoms with Crippen molar-refractivity contribution in [1.29, 1.82) is 0 Å². The summed E-state index contributed by atoms with van der Waals surface area (Å²) in [6, 6.07) is 0.768. The van der Waals surface area contributed by atoms with Gasteiger partial charge >= 0.3 is 0 Å². The lowest BCUT2D eigenvalue weighted by atomic mass is 10.0. The van der Waals surface area contributed by atoms with Crippen LogP contribution in [-0.4, -0.2) is 43.1 Å². The first-order valence-electron chi connectivity index (χ1n) is 7.52. The number of hydrogen-bond donors (Lipinski definition) is 2. The van der Waals surface area contributed by atoms with Gasteiger partial charge in [0.2, 0.25) is 0 Å². The van der Waals surface area contributed by atoms with Crippen LogP contribution in [0.1, 0.15) is 46.0 Å². The molecule has 1 heterocycles. The van der Waals surface area contributed by atoms with E-state index in [0.717, 1.165) is 24.6 Å². The zero-order valence-corrected chi connectivity index (χ0v) is 12.6. The van der Waals surface area contributed by atoms with E-state index in [1.807, 2.05) is 6.92 Å². The smallest absolute Gasteiger partial charge is 0.188 e. The van der Waals surface area contributed by atoms with E-state index in [-0.39, 0.29) is 0 Å². The van der Waals surface area contributed by atoms with Crippen molar-refractivity contribution in [3.05, 3.63) is 12.2 Å². The van der Waals surface area contributed by atoms with E-state index in [0.29, 0.717) is 12.5 Å². The van der Waals surface area contributed by atoms with Crippen LogP contribution in [0.15, 0.2) is 17.1 Å². The predicted molar refractivity (Wildman–Crippen MR) is 83.4 cm³/mol. The zero-order valence-electron chi connectivity index (χ0n) is 12.6. The number of likely N-dealkylation sites (tertiary alicyclic amines) is 1. The van der Waals surface area contributed by atoms with E-state index in [1.165, 1.54) is 38.8 Å². The van der Waals surface area contributed by atoms with Gasteiger partial charge in [0.15, 0.2) is 5.96 Å². The van der Waals surface area contributed by atoms with Crippen molar-refractivity contribution in [1.82, 2.24) is 10.2 Å². The van der Waals surface area contributed by atoms with E-state index in [9.17, 15) is 0 Å². The van der Waals surface area contributed by atoms with E-state index >= 15 is 0 Å². The van der Waals surface area contributed by atoms with Crippen LogP contribution in [0.2, 0.25) is 0 Å². The quantitative estimate of drug-likeness (QED) is 0.321. The summed E-state index contributed by atoms with van der Waals surface area (Å²) in [6.45, 7) is 12.1. The number of piperidine rings is 1. The molecule has 0 spiro atoms. The molecule has 0 aliphatic carbocycles. The van der Waals surface area contributed by atoms with Crippen LogP contribution in [0.3, 0.4) is 0 Å². The van der Waals surface area contributed by atoms with Crippen molar-refractivity contribution in [3.63, 3.8) is 0 Å². The molecule has 0 radical (unpaired) electrons. The minimum Gasteiger partial charge on any atom is -0.370 e. The number of aliphatic imine (C=N–C) groups is 1. The summed E-state index contributed by atoms with van der Waals surface area (Å²) in [6.07, 6.45) is 6.49. The minimum absolute atomic E-state index is 0.536. The zero-order chi connectivity index (χ0) is 14.1. The molecule has 1 aliphatic rings. The lowest BCUT2D eigenvalue weighted by Crippen LogP contribution is -2.38. The summed E-state index contributed by atoms with van der Waals surface area (Å²) >= 11 is 0. The number of unbranched alkanes of at least 4 members (excludes halogenated alkanes) is 1. The molecular formula is C15H30N4. The molecule has 0 amide bonds. The van der Waals surface area contributed by atoms with Crippen molar-refractivity contribution >= 4 is 5.96 Å². The SMILES string of the molecule is C=C(C)CN=C(N)NCCCCN1CCCCC1C. The molecule has 0 saturated carbocycles. The highest BCUT2D eigenvalue weighted by molar-refractivity contribution is 5.77. The Kier molecular flexibility index (Phi) is 7.56. The van der Waals surface area contributed by atoms with Crippen LogP contribution in [0.25, 0.3) is 0 Å². The summed E-state index contributed by atoms with van der Waals surface area (Å²) in [4.78, 5) is 6.81. The molecule has 4 heteroatoms. The third-order valence-corrected chi connectivity index (χ3v) is 3.64. The summed E-state index contributed by atoms with van der Waals surface area (Å²) in [7, 11) is 0. The molecule has 1 rings (SSSR count). The lowest BCUT2D eigenvalue weighted by molar-refractivity contribution is 0.158. The van der Waals surface area contributed by atoms with Gasteiger partial charge in [-0.15, -0.1) is 0 Å². The molecule has 1 unspecified atom stereocenters. The van der Waals surface area contributed by atoms with Gasteiger partial charge in [-0.05, 0) is 52.6 Å². The summed E-state index contributed by atoms with van der Waals surface area (Å²) in [5.74, 6) is 0.536. The monoisotopic (exact) mass is 266 g/mol. The van der Waals surface area contributed by atoms with E-state index < -0.39 is 0 Å². The number of nitrogens with one attached hydrogen (secondary N) is 1. The van der Waals surface area contributed by atoms with Gasteiger partial charge in [0.1, 0.15) is 0 Å². The van der Waals surface area contributed by atoms with E-state index in [4.69, 9.17) is 5.73 Å². The van der Waals surface area contributed by atoms with Crippen LogP contribution in [0.4, 0.5) is 0 Å². The molecule has 19 heavy (non-hydrogen) atoms. The van der Waals surface area contributed by atoms with Gasteiger partial charge in [-0.3, -0.25) is 0 Å². The Bertz CT molecular complexity index is 299. The van der Waals surface area contributed by atoms with Crippen LogP contribution in [-0.2, 0) is 0 Å². The number of nitrogens with zero attached hydrogens (tertiary/aromatic N) is 2. The van der Waals surface area contributed by atoms with Crippen molar-refractivity contribution in [3.8, 4) is 0 Å². The second-order valence-electron chi connectivity index (χ2n) is 5.67. The molecule has 1 saturated heterocycles. The van der Waals surface area contributed by atoms with Crippen LogP contribution < -0.4 is 11.1 Å². The molecule has 0 aromatic heterocycles. The fourth-order valence-electron chi connectivity index (χ4n) is 2.42. The average Bonchev–Trinajstić information content (AvgIpc) is 2.38. The molecular weight excluding hydrogens is 236 g/mol. The maximum atomic E-state index is 5.76. The fourth-order valence-corrected chi connectivity index (χ4v) is 2.42. The summed E-state index contributed by atoms with van der Waals surface area (Å²) in [5, 5.41) is 3.16. The van der Waals surface area contributed by atoms with Gasteiger partial charge in [0.25, 0.3) is 0 Å². The maximum absolute atomic E-state index is 5.76. The Morgan fingerprint density at radius 3 is 2.89 bits per heavy atom. The van der Waals surface area contributed by atoms with Crippen molar-refractivity contribution in [2.75, 3.05) is 26.2 Å². The molecule has 1 aliphatic heterocycles. The first-order valence-corrected chi connectivity index (χ1v) is 7.52. The fraction of sp³-hybridized carbons (Fsp3) is 0.800. The molecule has 0 aromatic carbocycles. The molecule has 1 fully saturated rings. The number of guanidine groups is 1. The molecule has 3 N–H and O–H groups in total. The first-order chi connectivity index (χ1) is 9.09. The van der Waals surface area contributed by atoms with Gasteiger partial charge < -0.3 is 16.0 Å². The average molecular weight is 266 g/mol. The van der Waals surface area contributed by atoms with Gasteiger partial charge in [-0.25, -0.2) is 4.99 Å². The van der Waals surface area contributed by atoms with Gasteiger partial charge in [-0.1, -0.05) is 18.6 Å². The van der Waals surface area contributed by atoms with E-state index in [1.54, 1.807) is 0 Å². The van der Waals surface area contributed by atoms with Crippen LogP contribution in [0.5, 0.6) is 0 Å². The minimum atomic E-state index is 0.536. The highest BCUT2D eigenvalue weighted by Gasteiger charge is 2.16. The number of rotatable bonds is 7. The van der Waals surface area contributed by atoms with Crippen molar-refractivity contribution < 1.29 is 0 Å². The Morgan fingerprint density at radius 1 is 1.42 bits per heavy atom. The first kappa shape index (κ1) is 16.0. The van der Waals surface area contributed by atoms with Crippen LogP contribution >= 0.6 is 0 Å². The lowest BCUT2D eigenvalue weighted by Gasteiger charge is -2.33. The van der Waals surface area contributed by atoms with Gasteiger partial charge in [0.05, 0.1) is 6.54 Å². The Labute approximate surface area is 118 Å². The topological polar surface area (TPSA) is 53.6 Å². The number of hydrogen-bond acceptors (Lipinski definition) is 2. The third-order valence-electron chi connectivity index (χ3n) is 3.64. The largest absolute Gasteiger partial charge is 0.370 e. The van der Waals surface area contributed by atoms with Gasteiger partial charge in [-0.2, -0.15) is 0 Å². The second-order valence-corrected chi connectivity index (χ2v) is 5.67. The van der Waals surface area contributed by atoms with Crippen LogP contribution in [0, 0.1) is 0 Å². The molecule has 0 bridgehead atoms. The van der Waals surface area contributed by atoms with Crippen molar-refractivity contribution in [2.45, 2.75) is 52.0 Å². The molecule has 4 nitrogen and oxygen atoms in total. The van der Waals surface area contributed by atoms with E-state index in [2.05, 4.69) is 28.7 Å². The summed E-state index contributed by atoms with van der Waals surface area (Å²) < 4.78 is 0. The molecule has 0 aromatic rings. The highest BCUT2D eigenvalue weighted by Crippen LogP contribution is 2.16.